The summed E-state index contributed by atoms with van der Waals surface area (Å²) < 4.78 is 5.79. The predicted molar refractivity (Wildman–Crippen MR) is 75.1 cm³/mol. The van der Waals surface area contributed by atoms with Gasteiger partial charge in [-0.2, -0.15) is 0 Å². The Kier molecular flexibility index (Phi) is 3.49. The summed E-state index contributed by atoms with van der Waals surface area (Å²) in [6.07, 6.45) is 4.32. The zero-order valence-corrected chi connectivity index (χ0v) is 12.0. The maximum atomic E-state index is 12.2. The van der Waals surface area contributed by atoms with Crippen LogP contribution in [0.1, 0.15) is 41.7 Å². The second-order valence-electron chi connectivity index (χ2n) is 6.17. The topological polar surface area (TPSA) is 91.4 Å². The van der Waals surface area contributed by atoms with E-state index in [0.29, 0.717) is 31.6 Å². The number of nitrogens with one attached hydrogen (secondary N) is 2. The summed E-state index contributed by atoms with van der Waals surface area (Å²) in [7, 11) is 0. The number of rotatable bonds is 3. The van der Waals surface area contributed by atoms with E-state index < -0.39 is 5.97 Å². The second-order valence-corrected chi connectivity index (χ2v) is 6.17. The van der Waals surface area contributed by atoms with Crippen LogP contribution in [0.5, 0.6) is 0 Å². The van der Waals surface area contributed by atoms with Crippen molar-refractivity contribution >= 4 is 11.9 Å². The van der Waals surface area contributed by atoms with Gasteiger partial charge < -0.3 is 20.1 Å². The van der Waals surface area contributed by atoms with Crippen molar-refractivity contribution in [1.82, 2.24) is 10.3 Å². The van der Waals surface area contributed by atoms with E-state index in [1.807, 2.05) is 13.0 Å². The fourth-order valence-electron chi connectivity index (χ4n) is 3.40. The largest absolute Gasteiger partial charge is 0.481 e. The van der Waals surface area contributed by atoms with Gasteiger partial charge in [-0.1, -0.05) is 0 Å². The van der Waals surface area contributed by atoms with Gasteiger partial charge in [0.05, 0.1) is 11.5 Å². The van der Waals surface area contributed by atoms with Crippen LogP contribution in [0, 0.1) is 12.8 Å². The summed E-state index contributed by atoms with van der Waals surface area (Å²) in [5.41, 5.74) is 1.17. The number of aryl methyl sites for hydroxylation is 1. The Hall–Kier alpha value is -1.82. The highest BCUT2D eigenvalue weighted by Crippen LogP contribution is 2.46. The quantitative estimate of drug-likeness (QED) is 0.786. The molecular weight excluding hydrogens is 272 g/mol. The first kappa shape index (κ1) is 14.1. The third kappa shape index (κ3) is 2.68. The van der Waals surface area contributed by atoms with Crippen molar-refractivity contribution in [3.05, 3.63) is 23.5 Å². The summed E-state index contributed by atoms with van der Waals surface area (Å²) in [4.78, 5) is 26.1. The van der Waals surface area contributed by atoms with Gasteiger partial charge in [0, 0.05) is 18.8 Å². The Morgan fingerprint density at radius 1 is 1.43 bits per heavy atom. The lowest BCUT2D eigenvalue weighted by Crippen LogP contribution is -2.56. The van der Waals surface area contributed by atoms with Crippen molar-refractivity contribution in [2.45, 2.75) is 44.2 Å². The molecule has 0 bridgehead atoms. The highest BCUT2D eigenvalue weighted by molar-refractivity contribution is 5.94. The number of hydrogen-bond donors (Lipinski definition) is 3. The predicted octanol–water partition coefficient (Wildman–Crippen LogP) is 1.47. The first-order valence-corrected chi connectivity index (χ1v) is 7.31. The first-order chi connectivity index (χ1) is 9.99. The van der Waals surface area contributed by atoms with E-state index in [1.165, 1.54) is 0 Å². The summed E-state index contributed by atoms with van der Waals surface area (Å²) in [5.74, 6) is -1.16. The highest BCUT2D eigenvalue weighted by atomic mass is 16.5. The molecule has 3 rings (SSSR count). The molecule has 1 saturated carbocycles. The van der Waals surface area contributed by atoms with Crippen LogP contribution in [0.25, 0.3) is 0 Å². The van der Waals surface area contributed by atoms with Gasteiger partial charge in [-0.15, -0.1) is 0 Å². The Bertz CT molecular complexity index is 560. The molecule has 1 atom stereocenters. The number of carbonyl (C=O) groups is 2. The molecule has 1 unspecified atom stereocenters. The molecule has 3 N–H and O–H groups in total. The minimum atomic E-state index is -0.752. The van der Waals surface area contributed by atoms with Gasteiger partial charge in [0.1, 0.15) is 5.69 Å². The van der Waals surface area contributed by atoms with Gasteiger partial charge in [0.25, 0.3) is 5.91 Å². The number of hydrogen-bond acceptors (Lipinski definition) is 3. The number of carboxylic acid groups (broad SMARTS) is 1. The summed E-state index contributed by atoms with van der Waals surface area (Å²) >= 11 is 0. The Morgan fingerprint density at radius 2 is 2.19 bits per heavy atom. The lowest BCUT2D eigenvalue weighted by molar-refractivity contribution is -0.181. The van der Waals surface area contributed by atoms with Crippen molar-refractivity contribution in [3.63, 3.8) is 0 Å². The van der Waals surface area contributed by atoms with Crippen LogP contribution in [-0.4, -0.2) is 40.2 Å². The number of H-pyrrole nitrogens is 1. The SMILES string of the molecule is Cc1cc[nH]c1C(=O)NC1CCOC2(C1)CC(C(=O)O)C2. The summed E-state index contributed by atoms with van der Waals surface area (Å²) in [6.45, 7) is 2.46. The second kappa shape index (κ2) is 5.18. The fraction of sp³-hybridized carbons (Fsp3) is 0.600. The van der Waals surface area contributed by atoms with E-state index >= 15 is 0 Å². The lowest BCUT2D eigenvalue weighted by atomic mass is 9.66. The summed E-state index contributed by atoms with van der Waals surface area (Å²) in [5, 5.41) is 12.0. The van der Waals surface area contributed by atoms with Crippen LogP contribution in [0.2, 0.25) is 0 Å². The molecule has 1 aromatic rings. The van der Waals surface area contributed by atoms with E-state index in [4.69, 9.17) is 9.84 Å². The van der Waals surface area contributed by atoms with E-state index in [2.05, 4.69) is 10.3 Å². The third-order valence-corrected chi connectivity index (χ3v) is 4.60. The van der Waals surface area contributed by atoms with Gasteiger partial charge in [-0.25, -0.2) is 0 Å². The van der Waals surface area contributed by atoms with Crippen LogP contribution >= 0.6 is 0 Å². The number of amides is 1. The van der Waals surface area contributed by atoms with Crippen LogP contribution in [-0.2, 0) is 9.53 Å². The Balaban J connectivity index is 1.59. The third-order valence-electron chi connectivity index (χ3n) is 4.60. The lowest BCUT2D eigenvalue weighted by Gasteiger charge is -2.50. The molecule has 1 aromatic heterocycles. The van der Waals surface area contributed by atoms with Crippen LogP contribution in [0.3, 0.4) is 0 Å². The molecule has 1 saturated heterocycles. The fourth-order valence-corrected chi connectivity index (χ4v) is 3.40. The van der Waals surface area contributed by atoms with Crippen LogP contribution in [0.4, 0.5) is 0 Å². The van der Waals surface area contributed by atoms with Crippen LogP contribution < -0.4 is 5.32 Å². The van der Waals surface area contributed by atoms with E-state index in [-0.39, 0.29) is 23.5 Å². The molecule has 6 nitrogen and oxygen atoms in total. The van der Waals surface area contributed by atoms with Gasteiger partial charge in [-0.05, 0) is 44.2 Å². The molecule has 114 valence electrons. The maximum Gasteiger partial charge on any atom is 0.306 e. The van der Waals surface area contributed by atoms with Crippen molar-refractivity contribution in [2.75, 3.05) is 6.61 Å². The molecule has 6 heteroatoms. The molecule has 2 heterocycles. The zero-order valence-electron chi connectivity index (χ0n) is 12.0. The molecule has 2 aliphatic rings. The molecule has 1 spiro atoms. The minimum absolute atomic E-state index is 0.0451. The standard InChI is InChI=1S/C15H20N2O4/c1-9-2-4-16-12(9)13(18)17-11-3-5-21-15(8-11)6-10(7-15)14(19)20/h2,4,10-11,16H,3,5-8H2,1H3,(H,17,18)(H,19,20). The molecule has 1 aliphatic heterocycles. The van der Waals surface area contributed by atoms with Gasteiger partial charge in [0.2, 0.25) is 0 Å². The Morgan fingerprint density at radius 3 is 2.81 bits per heavy atom. The molecule has 2 fully saturated rings. The van der Waals surface area contributed by atoms with Crippen LogP contribution in [0.15, 0.2) is 12.3 Å². The molecular formula is C15H20N2O4. The molecule has 1 aliphatic carbocycles. The van der Waals surface area contributed by atoms with E-state index in [1.54, 1.807) is 6.20 Å². The van der Waals surface area contributed by atoms with Crippen molar-refractivity contribution in [2.24, 2.45) is 5.92 Å². The number of ether oxygens (including phenoxy) is 1. The number of carboxylic acids is 1. The first-order valence-electron chi connectivity index (χ1n) is 7.31. The van der Waals surface area contributed by atoms with Crippen molar-refractivity contribution in [1.29, 1.82) is 0 Å². The van der Waals surface area contributed by atoms with E-state index in [9.17, 15) is 9.59 Å². The normalized spacial score (nSPS) is 31.7. The zero-order chi connectivity index (χ0) is 15.0. The number of aromatic amines is 1. The number of aromatic nitrogens is 1. The van der Waals surface area contributed by atoms with Gasteiger partial charge >= 0.3 is 5.97 Å². The minimum Gasteiger partial charge on any atom is -0.481 e. The smallest absolute Gasteiger partial charge is 0.306 e. The molecule has 1 amide bonds. The Labute approximate surface area is 122 Å². The molecule has 21 heavy (non-hydrogen) atoms. The average molecular weight is 292 g/mol. The molecule has 0 aromatic carbocycles. The average Bonchev–Trinajstić information content (AvgIpc) is 2.82. The monoisotopic (exact) mass is 292 g/mol. The summed E-state index contributed by atoms with van der Waals surface area (Å²) in [6, 6.07) is 1.91. The number of aliphatic carboxylic acids is 1. The number of carbonyl (C=O) groups excluding carboxylic acids is 1. The molecule has 0 radical (unpaired) electrons. The maximum absolute atomic E-state index is 12.2. The van der Waals surface area contributed by atoms with E-state index in [0.717, 1.165) is 12.0 Å². The van der Waals surface area contributed by atoms with Gasteiger partial charge in [0.15, 0.2) is 0 Å². The van der Waals surface area contributed by atoms with Crippen molar-refractivity contribution < 1.29 is 19.4 Å². The van der Waals surface area contributed by atoms with Crippen molar-refractivity contribution in [3.8, 4) is 0 Å². The van der Waals surface area contributed by atoms with Gasteiger partial charge in [-0.3, -0.25) is 9.59 Å². The highest BCUT2D eigenvalue weighted by Gasteiger charge is 2.51.